The van der Waals surface area contributed by atoms with Crippen LogP contribution in [0.1, 0.15) is 29.1 Å². The van der Waals surface area contributed by atoms with E-state index in [2.05, 4.69) is 15.4 Å². The average molecular weight is 378 g/mol. The van der Waals surface area contributed by atoms with Crippen LogP contribution in [-0.4, -0.2) is 27.7 Å². The van der Waals surface area contributed by atoms with Crippen LogP contribution in [0, 0.1) is 0 Å². The van der Waals surface area contributed by atoms with E-state index in [-0.39, 0.29) is 27.8 Å². The largest absolute Gasteiger partial charge is 0.504 e. The summed E-state index contributed by atoms with van der Waals surface area (Å²) in [6, 6.07) is 10.9. The number of rotatable bonds is 5. The molecule has 0 saturated carbocycles. The van der Waals surface area contributed by atoms with Crippen molar-refractivity contribution in [3.63, 3.8) is 0 Å². The summed E-state index contributed by atoms with van der Waals surface area (Å²) >= 11 is 0. The third kappa shape index (κ3) is 3.97. The van der Waals surface area contributed by atoms with Crippen LogP contribution in [-0.2, 0) is 6.30 Å². The molecule has 3 rings (SSSR count). The van der Waals surface area contributed by atoms with E-state index in [0.29, 0.717) is 5.69 Å². The molecule has 0 saturated heterocycles. The molecule has 0 fully saturated rings. The molecule has 2 heterocycles. The maximum atomic E-state index is 12.7. The summed E-state index contributed by atoms with van der Waals surface area (Å²) in [6.45, 7) is 1.82. The third-order valence-electron chi connectivity index (χ3n) is 3.96. The van der Waals surface area contributed by atoms with Crippen molar-refractivity contribution in [2.75, 3.05) is 7.05 Å². The van der Waals surface area contributed by atoms with Gasteiger partial charge in [0.15, 0.2) is 5.75 Å². The molecule has 0 aliphatic heterocycles. The minimum absolute atomic E-state index is 0.101. The number of hydrogen-bond donors (Lipinski definition) is 2. The van der Waals surface area contributed by atoms with E-state index in [1.807, 2.05) is 37.3 Å². The highest BCUT2D eigenvalue weighted by molar-refractivity contribution is 5.96. The maximum Gasteiger partial charge on any atom is 0.504 e. The Kier molecular flexibility index (Phi) is 4.93. The molecule has 0 aliphatic rings. The Morgan fingerprint density at radius 2 is 2.00 bits per heavy atom. The minimum Gasteiger partial charge on any atom is -0.484 e. The summed E-state index contributed by atoms with van der Waals surface area (Å²) in [6.07, 6.45) is -3.08. The normalized spacial score (nSPS) is 12.6. The number of carbonyl (C=O) groups excluding carboxylic acids is 1. The van der Waals surface area contributed by atoms with E-state index in [1.54, 1.807) is 0 Å². The zero-order chi connectivity index (χ0) is 19.6. The second-order valence-electron chi connectivity index (χ2n) is 5.81. The molecule has 1 aromatic carbocycles. The summed E-state index contributed by atoms with van der Waals surface area (Å²) in [7, 11) is 1.45. The number of amides is 1. The lowest BCUT2D eigenvalue weighted by Gasteiger charge is -2.14. The van der Waals surface area contributed by atoms with Gasteiger partial charge in [-0.25, -0.2) is 0 Å². The minimum atomic E-state index is -4.62. The first-order valence-corrected chi connectivity index (χ1v) is 8.08. The van der Waals surface area contributed by atoms with E-state index >= 15 is 0 Å². The Labute approximate surface area is 153 Å². The van der Waals surface area contributed by atoms with E-state index in [9.17, 15) is 18.0 Å². The number of aromatic amines is 1. The van der Waals surface area contributed by atoms with Crippen molar-refractivity contribution in [1.29, 1.82) is 0 Å². The van der Waals surface area contributed by atoms with E-state index in [4.69, 9.17) is 4.74 Å². The fourth-order valence-electron chi connectivity index (χ4n) is 2.56. The molecular weight excluding hydrogens is 361 g/mol. The Morgan fingerprint density at radius 1 is 1.30 bits per heavy atom. The molecule has 142 valence electrons. The van der Waals surface area contributed by atoms with Gasteiger partial charge in [-0.2, -0.15) is 9.78 Å². The SMILES string of the molecule is CNC(=O)c1[nH]c(-c2cnn(C(F)(F)F)c2)cc1O[C@H](C)c1ccccc1. The number of alkyl halides is 3. The maximum absolute atomic E-state index is 12.7. The quantitative estimate of drug-likeness (QED) is 0.708. The topological polar surface area (TPSA) is 71.9 Å². The number of nitrogens with one attached hydrogen (secondary N) is 2. The number of hydrogen-bond acceptors (Lipinski definition) is 3. The van der Waals surface area contributed by atoms with Crippen molar-refractivity contribution in [2.24, 2.45) is 0 Å². The Morgan fingerprint density at radius 3 is 2.59 bits per heavy atom. The number of ether oxygens (including phenoxy) is 1. The summed E-state index contributed by atoms with van der Waals surface area (Å²) in [5, 5.41) is 5.78. The van der Waals surface area contributed by atoms with Gasteiger partial charge < -0.3 is 15.0 Å². The van der Waals surface area contributed by atoms with Crippen LogP contribution < -0.4 is 10.1 Å². The van der Waals surface area contributed by atoms with Crippen molar-refractivity contribution < 1.29 is 22.7 Å². The van der Waals surface area contributed by atoms with Crippen molar-refractivity contribution in [3.8, 4) is 17.0 Å². The van der Waals surface area contributed by atoms with Crippen molar-refractivity contribution >= 4 is 5.91 Å². The fourth-order valence-corrected chi connectivity index (χ4v) is 2.56. The van der Waals surface area contributed by atoms with Crippen molar-refractivity contribution in [3.05, 3.63) is 60.0 Å². The summed E-state index contributed by atoms with van der Waals surface area (Å²) in [5.41, 5.74) is 1.49. The molecule has 9 heteroatoms. The highest BCUT2D eigenvalue weighted by Crippen LogP contribution is 2.32. The average Bonchev–Trinajstić information content (AvgIpc) is 3.28. The van der Waals surface area contributed by atoms with Gasteiger partial charge in [-0.3, -0.25) is 4.79 Å². The highest BCUT2D eigenvalue weighted by Gasteiger charge is 2.32. The van der Waals surface area contributed by atoms with Gasteiger partial charge in [-0.1, -0.05) is 30.3 Å². The Balaban J connectivity index is 1.94. The molecule has 2 N–H and O–H groups in total. The molecule has 0 spiro atoms. The molecule has 0 unspecified atom stereocenters. The van der Waals surface area contributed by atoms with Gasteiger partial charge in [0.2, 0.25) is 0 Å². The van der Waals surface area contributed by atoms with E-state index < -0.39 is 12.2 Å². The predicted molar refractivity (Wildman–Crippen MR) is 92.2 cm³/mol. The lowest BCUT2D eigenvalue weighted by atomic mass is 10.1. The summed E-state index contributed by atoms with van der Waals surface area (Å²) < 4.78 is 44.0. The lowest BCUT2D eigenvalue weighted by molar-refractivity contribution is -0.212. The van der Waals surface area contributed by atoms with Gasteiger partial charge >= 0.3 is 6.30 Å². The van der Waals surface area contributed by atoms with Gasteiger partial charge in [-0.15, -0.1) is 13.2 Å². The number of carbonyl (C=O) groups is 1. The number of halogens is 3. The predicted octanol–water partition coefficient (Wildman–Crippen LogP) is 3.85. The van der Waals surface area contributed by atoms with E-state index in [0.717, 1.165) is 18.0 Å². The fraction of sp³-hybridized carbons (Fsp3) is 0.222. The summed E-state index contributed by atoms with van der Waals surface area (Å²) in [5.74, 6) is -0.208. The zero-order valence-corrected chi connectivity index (χ0v) is 14.5. The van der Waals surface area contributed by atoms with Gasteiger partial charge in [0, 0.05) is 24.9 Å². The molecule has 1 amide bonds. The van der Waals surface area contributed by atoms with Crippen LogP contribution in [0.25, 0.3) is 11.3 Å². The molecule has 1 atom stereocenters. The lowest BCUT2D eigenvalue weighted by Crippen LogP contribution is -2.19. The molecule has 0 bridgehead atoms. The second kappa shape index (κ2) is 7.18. The molecule has 0 radical (unpaired) electrons. The smallest absolute Gasteiger partial charge is 0.484 e. The van der Waals surface area contributed by atoms with Gasteiger partial charge in [-0.05, 0) is 12.5 Å². The first-order valence-electron chi connectivity index (χ1n) is 8.08. The number of nitrogens with zero attached hydrogens (tertiary/aromatic N) is 2. The summed E-state index contributed by atoms with van der Waals surface area (Å²) in [4.78, 5) is 15.0. The molecule has 0 aliphatic carbocycles. The highest BCUT2D eigenvalue weighted by atomic mass is 19.4. The third-order valence-corrected chi connectivity index (χ3v) is 3.96. The number of H-pyrrole nitrogens is 1. The van der Waals surface area contributed by atoms with Gasteiger partial charge in [0.25, 0.3) is 5.91 Å². The molecule has 6 nitrogen and oxygen atoms in total. The van der Waals surface area contributed by atoms with Crippen molar-refractivity contribution in [1.82, 2.24) is 20.1 Å². The molecule has 3 aromatic rings. The van der Waals surface area contributed by atoms with Gasteiger partial charge in [0.1, 0.15) is 11.8 Å². The standard InChI is InChI=1S/C18H17F3N4O2/c1-11(12-6-4-3-5-7-12)27-15-8-14(24-16(15)17(26)22-2)13-9-23-25(10-13)18(19,20)21/h3-11,24H,1-2H3,(H,22,26)/t11-/m1/s1. The van der Waals surface area contributed by atoms with Crippen LogP contribution >= 0.6 is 0 Å². The number of benzene rings is 1. The van der Waals surface area contributed by atoms with Crippen LogP contribution in [0.2, 0.25) is 0 Å². The Bertz CT molecular complexity index is 932. The van der Waals surface area contributed by atoms with Gasteiger partial charge in [0.05, 0.1) is 11.9 Å². The van der Waals surface area contributed by atoms with Crippen LogP contribution in [0.3, 0.4) is 0 Å². The zero-order valence-electron chi connectivity index (χ0n) is 14.5. The monoisotopic (exact) mass is 378 g/mol. The first kappa shape index (κ1) is 18.6. The van der Waals surface area contributed by atoms with Crippen LogP contribution in [0.15, 0.2) is 48.8 Å². The molecule has 2 aromatic heterocycles. The van der Waals surface area contributed by atoms with Crippen molar-refractivity contribution in [2.45, 2.75) is 19.3 Å². The second-order valence-corrected chi connectivity index (χ2v) is 5.81. The van der Waals surface area contributed by atoms with Crippen LogP contribution in [0.4, 0.5) is 13.2 Å². The van der Waals surface area contributed by atoms with Crippen LogP contribution in [0.5, 0.6) is 5.75 Å². The first-order chi connectivity index (χ1) is 12.8. The molecule has 27 heavy (non-hydrogen) atoms. The van der Waals surface area contributed by atoms with E-state index in [1.165, 1.54) is 13.1 Å². The Hall–Kier alpha value is -3.23. The number of aromatic nitrogens is 3. The molecular formula is C18H17F3N4O2.